The van der Waals surface area contributed by atoms with Gasteiger partial charge in [-0.05, 0) is 58.1 Å². The van der Waals surface area contributed by atoms with Crippen LogP contribution < -0.4 is 10.6 Å². The highest BCUT2D eigenvalue weighted by atomic mass is 127. The van der Waals surface area contributed by atoms with Gasteiger partial charge >= 0.3 is 0 Å². The summed E-state index contributed by atoms with van der Waals surface area (Å²) in [6.07, 6.45) is 5.12. The van der Waals surface area contributed by atoms with Crippen LogP contribution in [0.2, 0.25) is 0 Å². The molecule has 0 spiro atoms. The summed E-state index contributed by atoms with van der Waals surface area (Å²) in [7, 11) is 0. The van der Waals surface area contributed by atoms with E-state index < -0.39 is 0 Å². The number of aryl methyl sites for hydroxylation is 1. The Morgan fingerprint density at radius 3 is 2.48 bits per heavy atom. The zero-order valence-corrected chi connectivity index (χ0v) is 21.7. The molecule has 0 aliphatic carbocycles. The first-order valence-corrected chi connectivity index (χ1v) is 11.9. The Morgan fingerprint density at radius 1 is 1.10 bits per heavy atom. The van der Waals surface area contributed by atoms with Crippen LogP contribution in [-0.4, -0.2) is 78.8 Å². The van der Waals surface area contributed by atoms with Crippen molar-refractivity contribution < 1.29 is 5.11 Å². The molecule has 6 nitrogen and oxygen atoms in total. The van der Waals surface area contributed by atoms with Crippen LogP contribution in [-0.2, 0) is 6.54 Å². The molecule has 1 aromatic rings. The number of hydrogen-bond acceptors (Lipinski definition) is 4. The maximum atomic E-state index is 9.62. The molecule has 0 saturated carbocycles. The monoisotopic (exact) mass is 543 g/mol. The summed E-state index contributed by atoms with van der Waals surface area (Å²) in [4.78, 5) is 9.82. The Balaban J connectivity index is 0.00000341. The van der Waals surface area contributed by atoms with E-state index in [1.165, 1.54) is 11.1 Å². The van der Waals surface area contributed by atoms with Gasteiger partial charge in [-0.25, -0.2) is 0 Å². The standard InChI is InChI=1S/C24H41N5O.HI/c1-3-25-24(26-12-5-13-28-16-10-23(30)11-17-28)27-22-8-14-29(15-9-22)19-21-7-4-6-20(2)18-21;/h4,6-7,18,22-23,30H,3,5,8-17,19H2,1-2H3,(H2,25,26,27);1H. The molecule has 2 heterocycles. The summed E-state index contributed by atoms with van der Waals surface area (Å²) < 4.78 is 0. The number of benzene rings is 1. The molecule has 0 aromatic heterocycles. The van der Waals surface area contributed by atoms with E-state index in [1.807, 2.05) is 0 Å². The van der Waals surface area contributed by atoms with E-state index in [1.54, 1.807) is 0 Å². The number of nitrogens with zero attached hydrogens (tertiary/aromatic N) is 3. The molecule has 0 amide bonds. The smallest absolute Gasteiger partial charge is 0.191 e. The van der Waals surface area contributed by atoms with Gasteiger partial charge < -0.3 is 20.6 Å². The first kappa shape index (κ1) is 26.4. The summed E-state index contributed by atoms with van der Waals surface area (Å²) in [5, 5.41) is 16.7. The fourth-order valence-corrected chi connectivity index (χ4v) is 4.45. The molecule has 3 rings (SSSR count). The van der Waals surface area contributed by atoms with Gasteiger partial charge in [-0.15, -0.1) is 24.0 Å². The molecule has 2 aliphatic rings. The largest absolute Gasteiger partial charge is 0.393 e. The van der Waals surface area contributed by atoms with Gasteiger partial charge in [0.15, 0.2) is 5.96 Å². The van der Waals surface area contributed by atoms with E-state index >= 15 is 0 Å². The zero-order valence-electron chi connectivity index (χ0n) is 19.4. The van der Waals surface area contributed by atoms with Crippen molar-refractivity contribution in [3.05, 3.63) is 35.4 Å². The van der Waals surface area contributed by atoms with Crippen molar-refractivity contribution in [3.63, 3.8) is 0 Å². The average molecular weight is 544 g/mol. The maximum Gasteiger partial charge on any atom is 0.191 e. The lowest BCUT2D eigenvalue weighted by Gasteiger charge is -2.33. The molecular weight excluding hydrogens is 501 g/mol. The van der Waals surface area contributed by atoms with Crippen LogP contribution >= 0.6 is 24.0 Å². The summed E-state index contributed by atoms with van der Waals surface area (Å²) in [5.74, 6) is 0.962. The Morgan fingerprint density at radius 2 is 1.81 bits per heavy atom. The number of nitrogens with one attached hydrogen (secondary N) is 2. The minimum absolute atomic E-state index is 0. The SMILES string of the molecule is CCNC(=NCCCN1CCC(O)CC1)NC1CCN(Cc2cccc(C)c2)CC1.I. The molecule has 1 aromatic carbocycles. The van der Waals surface area contributed by atoms with Crippen molar-refractivity contribution in [2.45, 2.75) is 64.6 Å². The number of aliphatic hydroxyl groups is 1. The molecular formula is C24H42IN5O. The first-order chi connectivity index (χ1) is 14.6. The van der Waals surface area contributed by atoms with E-state index in [-0.39, 0.29) is 30.1 Å². The van der Waals surface area contributed by atoms with Gasteiger partial charge in [0.2, 0.25) is 0 Å². The van der Waals surface area contributed by atoms with Gasteiger partial charge in [0.05, 0.1) is 6.10 Å². The molecule has 176 valence electrons. The van der Waals surface area contributed by atoms with E-state index in [2.05, 4.69) is 58.5 Å². The predicted molar refractivity (Wildman–Crippen MR) is 140 cm³/mol. The number of piperidine rings is 2. The van der Waals surface area contributed by atoms with Crippen LogP contribution in [0.4, 0.5) is 0 Å². The molecule has 31 heavy (non-hydrogen) atoms. The summed E-state index contributed by atoms with van der Waals surface area (Å²) in [6, 6.07) is 9.36. The van der Waals surface area contributed by atoms with Crippen molar-refractivity contribution in [2.75, 3.05) is 45.8 Å². The second-order valence-electron chi connectivity index (χ2n) is 8.87. The van der Waals surface area contributed by atoms with E-state index in [0.717, 1.165) is 90.4 Å². The highest BCUT2D eigenvalue weighted by molar-refractivity contribution is 14.0. The van der Waals surface area contributed by atoms with Crippen molar-refractivity contribution in [1.29, 1.82) is 0 Å². The topological polar surface area (TPSA) is 63.1 Å². The van der Waals surface area contributed by atoms with Crippen LogP contribution in [0.15, 0.2) is 29.3 Å². The number of guanidine groups is 1. The third-order valence-electron chi connectivity index (χ3n) is 6.22. The molecule has 0 atom stereocenters. The second-order valence-corrected chi connectivity index (χ2v) is 8.87. The molecule has 2 fully saturated rings. The third-order valence-corrected chi connectivity index (χ3v) is 6.22. The van der Waals surface area contributed by atoms with Gasteiger partial charge in [-0.2, -0.15) is 0 Å². The zero-order chi connectivity index (χ0) is 21.2. The number of likely N-dealkylation sites (tertiary alicyclic amines) is 2. The second kappa shape index (κ2) is 14.3. The van der Waals surface area contributed by atoms with Crippen LogP contribution in [0.25, 0.3) is 0 Å². The van der Waals surface area contributed by atoms with Crippen LogP contribution in [0.1, 0.15) is 50.2 Å². The normalized spacial score (nSPS) is 19.8. The lowest BCUT2D eigenvalue weighted by Crippen LogP contribution is -2.48. The number of rotatable bonds is 8. The Labute approximate surface area is 205 Å². The number of halogens is 1. The first-order valence-electron chi connectivity index (χ1n) is 11.9. The van der Waals surface area contributed by atoms with Gasteiger partial charge in [-0.1, -0.05) is 29.8 Å². The summed E-state index contributed by atoms with van der Waals surface area (Å²) in [5.41, 5.74) is 2.76. The quantitative estimate of drug-likeness (QED) is 0.204. The number of aliphatic imine (C=N–C) groups is 1. The fraction of sp³-hybridized carbons (Fsp3) is 0.708. The Hall–Kier alpha value is -0.900. The average Bonchev–Trinajstić information content (AvgIpc) is 2.74. The molecule has 0 bridgehead atoms. The fourth-order valence-electron chi connectivity index (χ4n) is 4.45. The van der Waals surface area contributed by atoms with Crippen LogP contribution in [0.3, 0.4) is 0 Å². The summed E-state index contributed by atoms with van der Waals surface area (Å²) in [6.45, 7) is 12.5. The van der Waals surface area contributed by atoms with Gasteiger partial charge in [-0.3, -0.25) is 9.89 Å². The minimum Gasteiger partial charge on any atom is -0.393 e. The predicted octanol–water partition coefficient (Wildman–Crippen LogP) is 2.98. The number of aliphatic hydroxyl groups excluding tert-OH is 1. The molecule has 2 aliphatic heterocycles. The minimum atomic E-state index is -0.0907. The van der Waals surface area contributed by atoms with Crippen molar-refractivity contribution in [2.24, 2.45) is 4.99 Å². The Bertz CT molecular complexity index is 655. The molecule has 3 N–H and O–H groups in total. The van der Waals surface area contributed by atoms with E-state index in [9.17, 15) is 5.11 Å². The Kier molecular flexibility index (Phi) is 12.1. The molecule has 0 radical (unpaired) electrons. The lowest BCUT2D eigenvalue weighted by atomic mass is 10.0. The van der Waals surface area contributed by atoms with Crippen LogP contribution in [0.5, 0.6) is 0 Å². The third kappa shape index (κ3) is 9.63. The molecule has 0 unspecified atom stereocenters. The van der Waals surface area contributed by atoms with Gasteiger partial charge in [0, 0.05) is 51.9 Å². The van der Waals surface area contributed by atoms with Gasteiger partial charge in [0.25, 0.3) is 0 Å². The van der Waals surface area contributed by atoms with Crippen LogP contribution in [0, 0.1) is 6.92 Å². The van der Waals surface area contributed by atoms with Crippen molar-refractivity contribution in [3.8, 4) is 0 Å². The van der Waals surface area contributed by atoms with Crippen molar-refractivity contribution >= 4 is 29.9 Å². The van der Waals surface area contributed by atoms with E-state index in [0.29, 0.717) is 6.04 Å². The highest BCUT2D eigenvalue weighted by Gasteiger charge is 2.20. The van der Waals surface area contributed by atoms with Crippen molar-refractivity contribution in [1.82, 2.24) is 20.4 Å². The van der Waals surface area contributed by atoms with Gasteiger partial charge in [0.1, 0.15) is 0 Å². The maximum absolute atomic E-state index is 9.62. The van der Waals surface area contributed by atoms with E-state index in [4.69, 9.17) is 4.99 Å². The summed E-state index contributed by atoms with van der Waals surface area (Å²) >= 11 is 0. The lowest BCUT2D eigenvalue weighted by molar-refractivity contribution is 0.0824. The molecule has 7 heteroatoms. The molecule has 2 saturated heterocycles. The number of hydrogen-bond donors (Lipinski definition) is 3. The highest BCUT2D eigenvalue weighted by Crippen LogP contribution is 2.15.